The maximum Gasteiger partial charge on any atom is 0.425 e. The number of nitrogens with zero attached hydrogens (tertiary/aromatic N) is 3. The van der Waals surface area contributed by atoms with E-state index in [1.54, 1.807) is 0 Å². The van der Waals surface area contributed by atoms with Crippen molar-refractivity contribution in [3.05, 3.63) is 12.1 Å². The first-order chi connectivity index (χ1) is 9.88. The van der Waals surface area contributed by atoms with Gasteiger partial charge >= 0.3 is 6.18 Å². The molecule has 2 N–H and O–H groups in total. The number of amidine groups is 1. The number of hydrogen-bond acceptors (Lipinski definition) is 7. The highest BCUT2D eigenvalue weighted by Gasteiger charge is 2.47. The van der Waals surface area contributed by atoms with Crippen LogP contribution >= 0.6 is 11.8 Å². The van der Waals surface area contributed by atoms with Crippen LogP contribution in [-0.2, 0) is 9.47 Å². The lowest BCUT2D eigenvalue weighted by molar-refractivity contribution is -0.209. The van der Waals surface area contributed by atoms with Crippen molar-refractivity contribution in [2.45, 2.75) is 12.3 Å². The molecule has 1 aliphatic rings. The van der Waals surface area contributed by atoms with Crippen molar-refractivity contribution < 1.29 is 22.6 Å². The molecule has 10 heteroatoms. The number of rotatable bonds is 6. The van der Waals surface area contributed by atoms with Gasteiger partial charge in [0.1, 0.15) is 0 Å². The third-order valence-corrected chi connectivity index (χ3v) is 3.50. The number of hydrogen-bond donors (Lipinski definition) is 1. The van der Waals surface area contributed by atoms with Gasteiger partial charge in [-0.2, -0.15) is 18.2 Å². The normalized spacial score (nSPS) is 21.8. The Labute approximate surface area is 124 Å². The zero-order chi connectivity index (χ0) is 15.9. The topological polar surface area (TPSA) is 81.6 Å². The fourth-order valence-corrected chi connectivity index (χ4v) is 2.33. The summed E-state index contributed by atoms with van der Waals surface area (Å²) in [4.78, 5) is 10.8. The first kappa shape index (κ1) is 17.3. The van der Waals surface area contributed by atoms with Crippen LogP contribution in [0.5, 0.6) is 0 Å². The first-order valence-electron chi connectivity index (χ1n) is 5.76. The number of alkyl halides is 3. The van der Waals surface area contributed by atoms with Gasteiger partial charge in [-0.3, -0.25) is 9.98 Å². The molecule has 118 valence electrons. The Kier molecular flexibility index (Phi) is 6.53. The van der Waals surface area contributed by atoms with Gasteiger partial charge < -0.3 is 15.2 Å². The Morgan fingerprint density at radius 1 is 1.62 bits per heavy atom. The second-order valence-electron chi connectivity index (χ2n) is 3.94. The zero-order valence-electron chi connectivity index (χ0n) is 11.2. The van der Waals surface area contributed by atoms with Gasteiger partial charge in [-0.1, -0.05) is 11.8 Å². The molecule has 6 nitrogen and oxygen atoms in total. The van der Waals surface area contributed by atoms with Crippen LogP contribution in [0.15, 0.2) is 27.1 Å². The molecule has 0 unspecified atom stereocenters. The highest BCUT2D eigenvalue weighted by molar-refractivity contribution is 8.13. The maximum atomic E-state index is 13.0. The zero-order valence-corrected chi connectivity index (χ0v) is 12.0. The SMILES string of the molecule is C=N/C=C(\N=CO[C@@H]([C@@H]1CN=C(N)SC1)C(F)(F)F)OC. The Morgan fingerprint density at radius 3 is 2.81 bits per heavy atom. The van der Waals surface area contributed by atoms with Crippen molar-refractivity contribution in [3.8, 4) is 0 Å². The maximum absolute atomic E-state index is 13.0. The van der Waals surface area contributed by atoms with E-state index in [4.69, 9.17) is 15.2 Å². The monoisotopic (exact) mass is 324 g/mol. The van der Waals surface area contributed by atoms with Crippen molar-refractivity contribution in [3.63, 3.8) is 0 Å². The van der Waals surface area contributed by atoms with E-state index in [-0.39, 0.29) is 23.3 Å². The van der Waals surface area contributed by atoms with Crippen LogP contribution in [0, 0.1) is 5.92 Å². The van der Waals surface area contributed by atoms with E-state index in [0.29, 0.717) is 6.40 Å². The van der Waals surface area contributed by atoms with Crippen molar-refractivity contribution >= 4 is 30.0 Å². The first-order valence-corrected chi connectivity index (χ1v) is 6.74. The van der Waals surface area contributed by atoms with Crippen LogP contribution < -0.4 is 5.73 Å². The minimum Gasteiger partial charge on any atom is -0.480 e. The number of methoxy groups -OCH3 is 1. The van der Waals surface area contributed by atoms with Gasteiger partial charge in [-0.05, 0) is 6.72 Å². The molecular formula is C11H15F3N4O2S. The van der Waals surface area contributed by atoms with Gasteiger partial charge in [0.2, 0.25) is 12.0 Å². The summed E-state index contributed by atoms with van der Waals surface area (Å²) in [6.45, 7) is 3.14. The van der Waals surface area contributed by atoms with Crippen LogP contribution in [0.4, 0.5) is 13.2 Å². The van der Waals surface area contributed by atoms with Gasteiger partial charge in [-0.15, -0.1) is 0 Å². The van der Waals surface area contributed by atoms with Crippen molar-refractivity contribution in [1.29, 1.82) is 0 Å². The van der Waals surface area contributed by atoms with Crippen LogP contribution in [0.25, 0.3) is 0 Å². The summed E-state index contributed by atoms with van der Waals surface area (Å²) < 4.78 is 48.5. The van der Waals surface area contributed by atoms with E-state index in [1.807, 2.05) is 0 Å². The van der Waals surface area contributed by atoms with E-state index >= 15 is 0 Å². The largest absolute Gasteiger partial charge is 0.480 e. The molecule has 21 heavy (non-hydrogen) atoms. The Bertz CT molecular complexity index is 451. The van der Waals surface area contributed by atoms with E-state index in [2.05, 4.69) is 21.7 Å². The van der Waals surface area contributed by atoms with Gasteiger partial charge in [0.05, 0.1) is 13.3 Å². The minimum atomic E-state index is -4.54. The second-order valence-corrected chi connectivity index (χ2v) is 4.98. The molecule has 0 radical (unpaired) electrons. The minimum absolute atomic E-state index is 0.0220. The molecule has 0 spiro atoms. The summed E-state index contributed by atoms with van der Waals surface area (Å²) in [5, 5.41) is 0.280. The average molecular weight is 324 g/mol. The summed E-state index contributed by atoms with van der Waals surface area (Å²) in [5.41, 5.74) is 5.42. The lowest BCUT2D eigenvalue weighted by Gasteiger charge is -2.28. The quantitative estimate of drug-likeness (QED) is 0.459. The van der Waals surface area contributed by atoms with Gasteiger partial charge in [0.25, 0.3) is 0 Å². The molecule has 0 saturated carbocycles. The van der Waals surface area contributed by atoms with E-state index in [1.165, 1.54) is 7.11 Å². The molecule has 1 rings (SSSR count). The molecule has 1 heterocycles. The number of halogens is 3. The number of aliphatic imine (C=N–C) groups is 3. The molecule has 1 aliphatic heterocycles. The van der Waals surface area contributed by atoms with Crippen LogP contribution in [0.1, 0.15) is 0 Å². The number of nitrogens with two attached hydrogens (primary N) is 1. The molecule has 0 aromatic carbocycles. The highest BCUT2D eigenvalue weighted by Crippen LogP contribution is 2.32. The summed E-state index contributed by atoms with van der Waals surface area (Å²) in [6, 6.07) is 0. The molecule has 0 aromatic rings. The Hall–Kier alpha value is -1.71. The van der Waals surface area contributed by atoms with Crippen molar-refractivity contribution in [2.24, 2.45) is 26.6 Å². The van der Waals surface area contributed by atoms with Gasteiger partial charge in [0.15, 0.2) is 11.6 Å². The number of thioether (sulfide) groups is 1. The average Bonchev–Trinajstić information content (AvgIpc) is 2.42. The van der Waals surface area contributed by atoms with Gasteiger partial charge in [-0.25, -0.2) is 0 Å². The van der Waals surface area contributed by atoms with Crippen LogP contribution in [0.2, 0.25) is 0 Å². The Balaban J connectivity index is 2.74. The van der Waals surface area contributed by atoms with Crippen molar-refractivity contribution in [2.75, 3.05) is 19.4 Å². The van der Waals surface area contributed by atoms with Gasteiger partial charge in [0, 0.05) is 18.2 Å². The summed E-state index contributed by atoms with van der Waals surface area (Å²) >= 11 is 1.07. The second kappa shape index (κ2) is 7.91. The smallest absolute Gasteiger partial charge is 0.425 e. The van der Waals surface area contributed by atoms with Crippen LogP contribution in [0.3, 0.4) is 0 Å². The van der Waals surface area contributed by atoms with E-state index in [9.17, 15) is 13.2 Å². The standard InChI is InChI=1S/C11H15F3N4O2S/c1-16-4-8(19-2)18-6-20-9(11(12,13)14)7-3-17-10(15)21-5-7/h4,6-7,9H,1,3,5H2,2H3,(H2,15,17)/b8-4+,18-6?/t7-,9+/m1/s1. The van der Waals surface area contributed by atoms with E-state index in [0.717, 1.165) is 18.0 Å². The van der Waals surface area contributed by atoms with E-state index < -0.39 is 18.2 Å². The lowest BCUT2D eigenvalue weighted by atomic mass is 10.0. The number of ether oxygens (including phenoxy) is 2. The van der Waals surface area contributed by atoms with Crippen LogP contribution in [-0.4, -0.2) is 50.0 Å². The highest BCUT2D eigenvalue weighted by atomic mass is 32.2. The molecule has 0 saturated heterocycles. The fourth-order valence-electron chi connectivity index (χ4n) is 1.50. The lowest BCUT2D eigenvalue weighted by Crippen LogP contribution is -2.42. The summed E-state index contributed by atoms with van der Waals surface area (Å²) in [5.74, 6) is -0.679. The fraction of sp³-hybridized carbons (Fsp3) is 0.545. The summed E-state index contributed by atoms with van der Waals surface area (Å²) in [6.07, 6.45) is -4.72. The molecular weight excluding hydrogens is 309 g/mol. The molecule has 2 atom stereocenters. The molecule has 0 fully saturated rings. The van der Waals surface area contributed by atoms with Crippen molar-refractivity contribution in [1.82, 2.24) is 0 Å². The third kappa shape index (κ3) is 5.66. The molecule has 0 amide bonds. The predicted molar refractivity (Wildman–Crippen MR) is 76.5 cm³/mol. The summed E-state index contributed by atoms with van der Waals surface area (Å²) in [7, 11) is 1.30. The molecule has 0 aromatic heterocycles. The predicted octanol–water partition coefficient (Wildman–Crippen LogP) is 1.79. The molecule has 0 aliphatic carbocycles. The Morgan fingerprint density at radius 2 is 2.33 bits per heavy atom. The third-order valence-electron chi connectivity index (χ3n) is 2.48. The molecule has 0 bridgehead atoms.